The van der Waals surface area contributed by atoms with Crippen LogP contribution in [0, 0.1) is 5.41 Å². The van der Waals surface area contributed by atoms with Gasteiger partial charge in [0, 0.05) is 4.47 Å². The average Bonchev–Trinajstić information content (AvgIpc) is 2.05. The molecule has 0 saturated carbocycles. The molecule has 0 N–H and O–H groups in total. The molecule has 14 heavy (non-hydrogen) atoms. The fourth-order valence-corrected chi connectivity index (χ4v) is 2.64. The van der Waals surface area contributed by atoms with Crippen molar-refractivity contribution in [1.82, 2.24) is 0 Å². The molecule has 1 aromatic rings. The number of hydrogen-bond acceptors (Lipinski definition) is 0. The van der Waals surface area contributed by atoms with E-state index in [0.29, 0.717) is 5.41 Å². The Morgan fingerprint density at radius 3 is 2.71 bits per heavy atom. The van der Waals surface area contributed by atoms with Gasteiger partial charge in [0.05, 0.1) is 0 Å². The van der Waals surface area contributed by atoms with Gasteiger partial charge in [0.25, 0.3) is 0 Å². The highest BCUT2D eigenvalue weighted by Gasteiger charge is 2.27. The van der Waals surface area contributed by atoms with Crippen molar-refractivity contribution >= 4 is 21.5 Å². The van der Waals surface area contributed by atoms with Crippen LogP contribution < -0.4 is 0 Å². The van der Waals surface area contributed by atoms with Gasteiger partial charge in [0.15, 0.2) is 0 Å². The quantitative estimate of drug-likeness (QED) is 0.639. The molecule has 0 heterocycles. The third-order valence-corrected chi connectivity index (χ3v) is 3.31. The van der Waals surface area contributed by atoms with E-state index in [2.05, 4.69) is 54.6 Å². The summed E-state index contributed by atoms with van der Waals surface area (Å²) in [6, 6.07) is 6.52. The minimum atomic E-state index is 0.373. The summed E-state index contributed by atoms with van der Waals surface area (Å²) in [5, 5.41) is 0. The first-order valence-electron chi connectivity index (χ1n) is 4.94. The van der Waals surface area contributed by atoms with Gasteiger partial charge in [0.2, 0.25) is 0 Å². The molecule has 0 radical (unpaired) electrons. The molecule has 0 fully saturated rings. The Labute approximate surface area is 94.2 Å². The molecule has 0 aromatic heterocycles. The Kier molecular flexibility index (Phi) is 2.30. The number of benzene rings is 1. The van der Waals surface area contributed by atoms with E-state index in [1.807, 2.05) is 0 Å². The Morgan fingerprint density at radius 2 is 2.00 bits per heavy atom. The van der Waals surface area contributed by atoms with Gasteiger partial charge in [-0.1, -0.05) is 42.4 Å². The molecule has 1 heteroatoms. The number of hydrogen-bond donors (Lipinski definition) is 0. The number of fused-ring (bicyclic) bond motifs is 1. The van der Waals surface area contributed by atoms with Gasteiger partial charge in [-0.15, -0.1) is 0 Å². The van der Waals surface area contributed by atoms with Crippen molar-refractivity contribution in [3.8, 4) is 0 Å². The second kappa shape index (κ2) is 3.23. The first-order valence-corrected chi connectivity index (χ1v) is 5.74. The van der Waals surface area contributed by atoms with Crippen molar-refractivity contribution in [2.45, 2.75) is 26.7 Å². The van der Waals surface area contributed by atoms with Crippen molar-refractivity contribution in [1.29, 1.82) is 0 Å². The summed E-state index contributed by atoms with van der Waals surface area (Å²) in [4.78, 5) is 0. The lowest BCUT2D eigenvalue weighted by Gasteiger charge is -2.32. The fourth-order valence-electron chi connectivity index (χ4n) is 2.28. The average molecular weight is 251 g/mol. The maximum absolute atomic E-state index is 4.17. The first-order chi connectivity index (χ1) is 6.48. The summed E-state index contributed by atoms with van der Waals surface area (Å²) in [7, 11) is 0. The molecular weight excluding hydrogens is 236 g/mol. The second-order valence-electron chi connectivity index (χ2n) is 4.92. The smallest absolute Gasteiger partial charge is 0.0181 e. The molecule has 1 aliphatic carbocycles. The molecule has 0 aliphatic heterocycles. The summed E-state index contributed by atoms with van der Waals surface area (Å²) in [6.45, 7) is 8.79. The molecular formula is C13H15Br. The Hall–Kier alpha value is -0.560. The predicted octanol–water partition coefficient (Wildman–Crippen LogP) is 4.43. The maximum Gasteiger partial charge on any atom is 0.0181 e. The van der Waals surface area contributed by atoms with Crippen LogP contribution in [0.2, 0.25) is 0 Å². The molecule has 2 rings (SSSR count). The zero-order valence-electron chi connectivity index (χ0n) is 8.73. The highest BCUT2D eigenvalue weighted by Crippen LogP contribution is 2.41. The molecule has 0 nitrogen and oxygen atoms in total. The minimum Gasteiger partial charge on any atom is -0.0952 e. The van der Waals surface area contributed by atoms with Crippen LogP contribution in [0.1, 0.15) is 31.4 Å². The van der Waals surface area contributed by atoms with Gasteiger partial charge >= 0.3 is 0 Å². The highest BCUT2D eigenvalue weighted by molar-refractivity contribution is 9.10. The van der Waals surface area contributed by atoms with E-state index in [0.717, 1.165) is 17.3 Å². The van der Waals surface area contributed by atoms with Gasteiger partial charge in [-0.05, 0) is 47.1 Å². The molecule has 0 bridgehead atoms. The van der Waals surface area contributed by atoms with E-state index in [-0.39, 0.29) is 0 Å². The third-order valence-electron chi connectivity index (χ3n) is 2.81. The van der Waals surface area contributed by atoms with E-state index < -0.39 is 0 Å². The monoisotopic (exact) mass is 250 g/mol. The second-order valence-corrected chi connectivity index (χ2v) is 5.84. The third kappa shape index (κ3) is 1.78. The maximum atomic E-state index is 4.17. The summed E-state index contributed by atoms with van der Waals surface area (Å²) in [5.74, 6) is 0. The van der Waals surface area contributed by atoms with Gasteiger partial charge < -0.3 is 0 Å². The van der Waals surface area contributed by atoms with Crippen LogP contribution in [-0.2, 0) is 6.42 Å². The Bertz CT molecular complexity index is 388. The summed E-state index contributed by atoms with van der Waals surface area (Å²) >= 11 is 3.51. The number of allylic oxidation sites excluding steroid dienone is 1. The van der Waals surface area contributed by atoms with Crippen molar-refractivity contribution in [2.24, 2.45) is 5.41 Å². The summed E-state index contributed by atoms with van der Waals surface area (Å²) < 4.78 is 1.15. The zero-order valence-corrected chi connectivity index (χ0v) is 10.3. The molecule has 0 spiro atoms. The zero-order chi connectivity index (χ0) is 10.3. The van der Waals surface area contributed by atoms with Crippen molar-refractivity contribution in [2.75, 3.05) is 0 Å². The van der Waals surface area contributed by atoms with Crippen LogP contribution >= 0.6 is 15.9 Å². The highest BCUT2D eigenvalue weighted by atomic mass is 79.9. The van der Waals surface area contributed by atoms with Crippen LogP contribution in [0.4, 0.5) is 0 Å². The number of rotatable bonds is 0. The first kappa shape index (κ1) is 9.97. The largest absolute Gasteiger partial charge is 0.0952 e. The van der Waals surface area contributed by atoms with Crippen LogP contribution in [0.5, 0.6) is 0 Å². The Balaban J connectivity index is 2.50. The number of halogens is 1. The van der Waals surface area contributed by atoms with Crippen LogP contribution in [0.15, 0.2) is 29.3 Å². The van der Waals surface area contributed by atoms with Gasteiger partial charge in [-0.25, -0.2) is 0 Å². The molecule has 0 saturated heterocycles. The summed E-state index contributed by atoms with van der Waals surface area (Å²) in [6.07, 6.45) is 2.27. The predicted molar refractivity (Wildman–Crippen MR) is 65.3 cm³/mol. The van der Waals surface area contributed by atoms with Crippen molar-refractivity contribution in [3.05, 3.63) is 40.4 Å². The van der Waals surface area contributed by atoms with E-state index in [1.165, 1.54) is 16.7 Å². The van der Waals surface area contributed by atoms with Crippen LogP contribution in [0.3, 0.4) is 0 Å². The normalized spacial score (nSPS) is 19.2. The van der Waals surface area contributed by atoms with Gasteiger partial charge in [0.1, 0.15) is 0 Å². The van der Waals surface area contributed by atoms with Crippen molar-refractivity contribution in [3.63, 3.8) is 0 Å². The molecule has 0 atom stereocenters. The topological polar surface area (TPSA) is 0 Å². The van der Waals surface area contributed by atoms with E-state index in [4.69, 9.17) is 0 Å². The minimum absolute atomic E-state index is 0.373. The summed E-state index contributed by atoms with van der Waals surface area (Å²) in [5.41, 5.74) is 4.43. The van der Waals surface area contributed by atoms with Crippen LogP contribution in [-0.4, -0.2) is 0 Å². The fraction of sp³-hybridized carbons (Fsp3) is 0.385. The van der Waals surface area contributed by atoms with E-state index in [1.54, 1.807) is 0 Å². The van der Waals surface area contributed by atoms with E-state index in [9.17, 15) is 0 Å². The standard InChI is InChI=1S/C13H15Br/c1-9-7-13(2,3)8-10-4-5-11(14)6-12(9)10/h4-6H,1,7-8H2,2-3H3. The van der Waals surface area contributed by atoms with Gasteiger partial charge in [-0.2, -0.15) is 0 Å². The van der Waals surface area contributed by atoms with Gasteiger partial charge in [-0.3, -0.25) is 0 Å². The van der Waals surface area contributed by atoms with E-state index >= 15 is 0 Å². The molecule has 74 valence electrons. The molecule has 0 amide bonds. The lowest BCUT2D eigenvalue weighted by Crippen LogP contribution is -2.21. The molecule has 1 aliphatic rings. The lowest BCUT2D eigenvalue weighted by molar-refractivity contribution is 0.365. The van der Waals surface area contributed by atoms with Crippen LogP contribution in [0.25, 0.3) is 5.57 Å². The SMILES string of the molecule is C=C1CC(C)(C)Cc2ccc(Br)cc21. The lowest BCUT2D eigenvalue weighted by atomic mass is 9.72. The molecule has 0 unspecified atom stereocenters. The molecule has 1 aromatic carbocycles. The van der Waals surface area contributed by atoms with Crippen molar-refractivity contribution < 1.29 is 0 Å². The Morgan fingerprint density at radius 1 is 1.29 bits per heavy atom.